The molecule has 0 aromatic carbocycles. The number of amides is 2. The minimum atomic E-state index is -0.405. The molecule has 0 radical (unpaired) electrons. The highest BCUT2D eigenvalue weighted by Gasteiger charge is 2.50. The fraction of sp³-hybridized carbons (Fsp3) is 0.500. The molecule has 0 aliphatic carbocycles. The Labute approximate surface area is 127 Å². The number of carbonyl (C=O) groups excluding carboxylic acids is 2. The molecule has 112 valence electrons. The summed E-state index contributed by atoms with van der Waals surface area (Å²) < 4.78 is 5.16. The molecule has 3 rings (SSSR count). The van der Waals surface area contributed by atoms with Gasteiger partial charge in [-0.1, -0.05) is 18.5 Å². The molecule has 1 aromatic rings. The van der Waals surface area contributed by atoms with Crippen LogP contribution in [0.3, 0.4) is 0 Å². The largest absolute Gasteiger partial charge is 0.447 e. The number of halogens is 1. The van der Waals surface area contributed by atoms with Gasteiger partial charge in [0.25, 0.3) is 5.91 Å². The Bertz CT molecular complexity index is 577. The fourth-order valence-electron chi connectivity index (χ4n) is 2.90. The Morgan fingerprint density at radius 1 is 1.48 bits per heavy atom. The van der Waals surface area contributed by atoms with Gasteiger partial charge < -0.3 is 9.64 Å². The van der Waals surface area contributed by atoms with Crippen LogP contribution in [0, 0.1) is 0 Å². The fourth-order valence-corrected chi connectivity index (χ4v) is 3.01. The summed E-state index contributed by atoms with van der Waals surface area (Å²) in [5, 5.41) is 0.496. The molecule has 2 aliphatic rings. The van der Waals surface area contributed by atoms with Gasteiger partial charge in [0.05, 0.1) is 10.6 Å². The van der Waals surface area contributed by atoms with E-state index < -0.39 is 5.54 Å². The average Bonchev–Trinajstić information content (AvgIpc) is 2.85. The number of pyridine rings is 1. The van der Waals surface area contributed by atoms with Crippen LogP contribution in [0.5, 0.6) is 0 Å². The van der Waals surface area contributed by atoms with Crippen LogP contribution in [0.2, 0.25) is 5.02 Å². The van der Waals surface area contributed by atoms with Crippen LogP contribution in [-0.2, 0) is 4.74 Å². The van der Waals surface area contributed by atoms with E-state index in [1.165, 1.54) is 6.20 Å². The van der Waals surface area contributed by atoms with E-state index in [0.717, 1.165) is 6.42 Å². The molecule has 0 bridgehead atoms. The Balaban J connectivity index is 1.80. The number of hydrogen-bond acceptors (Lipinski definition) is 4. The number of ether oxygens (including phenoxy) is 1. The third-order valence-electron chi connectivity index (χ3n) is 4.23. The van der Waals surface area contributed by atoms with E-state index in [9.17, 15) is 9.59 Å². The molecule has 21 heavy (non-hydrogen) atoms. The number of cyclic esters (lactones) is 1. The van der Waals surface area contributed by atoms with E-state index in [1.54, 1.807) is 21.9 Å². The maximum Gasteiger partial charge on any atom is 0.410 e. The van der Waals surface area contributed by atoms with Gasteiger partial charge in [-0.3, -0.25) is 9.69 Å². The lowest BCUT2D eigenvalue weighted by Crippen LogP contribution is -2.62. The number of carbonyl (C=O) groups is 2. The van der Waals surface area contributed by atoms with Gasteiger partial charge in [0, 0.05) is 25.8 Å². The summed E-state index contributed by atoms with van der Waals surface area (Å²) in [6.07, 6.45) is 1.92. The second-order valence-electron chi connectivity index (χ2n) is 5.37. The molecular formula is C14H16ClN3O3. The highest BCUT2D eigenvalue weighted by Crippen LogP contribution is 2.32. The minimum absolute atomic E-state index is 0.140. The summed E-state index contributed by atoms with van der Waals surface area (Å²) in [6.45, 7) is 3.79. The first-order valence-electron chi connectivity index (χ1n) is 6.91. The van der Waals surface area contributed by atoms with Crippen molar-refractivity contribution in [2.24, 2.45) is 0 Å². The number of rotatable bonds is 2. The normalized spacial score (nSPS) is 24.8. The first kappa shape index (κ1) is 14.1. The maximum absolute atomic E-state index is 12.5. The van der Waals surface area contributed by atoms with Crippen molar-refractivity contribution in [2.45, 2.75) is 18.9 Å². The molecule has 0 spiro atoms. The SMILES string of the molecule is CCC12COC(=O)N1CCN(C(=O)c1ccc(Cl)cn1)C2. The zero-order chi connectivity index (χ0) is 15.0. The predicted octanol–water partition coefficient (Wildman–Crippen LogP) is 1.79. The van der Waals surface area contributed by atoms with Crippen LogP contribution in [0.1, 0.15) is 23.8 Å². The molecule has 0 N–H and O–H groups in total. The van der Waals surface area contributed by atoms with E-state index in [2.05, 4.69) is 4.98 Å². The van der Waals surface area contributed by atoms with Crippen molar-refractivity contribution in [1.29, 1.82) is 0 Å². The predicted molar refractivity (Wildman–Crippen MR) is 76.2 cm³/mol. The number of nitrogens with zero attached hydrogens (tertiary/aromatic N) is 3. The second kappa shape index (κ2) is 5.18. The summed E-state index contributed by atoms with van der Waals surface area (Å²) in [6, 6.07) is 3.27. The molecule has 1 atom stereocenters. The van der Waals surface area contributed by atoms with Crippen molar-refractivity contribution in [1.82, 2.24) is 14.8 Å². The summed E-state index contributed by atoms with van der Waals surface area (Å²) in [5.41, 5.74) is -0.0402. The first-order chi connectivity index (χ1) is 10.1. The lowest BCUT2D eigenvalue weighted by molar-refractivity contribution is 0.0357. The number of piperazine rings is 1. The van der Waals surface area contributed by atoms with Gasteiger partial charge in [-0.2, -0.15) is 0 Å². The number of aromatic nitrogens is 1. The number of hydrogen-bond donors (Lipinski definition) is 0. The van der Waals surface area contributed by atoms with Gasteiger partial charge >= 0.3 is 6.09 Å². The third kappa shape index (κ3) is 2.33. The monoisotopic (exact) mass is 309 g/mol. The molecule has 2 aliphatic heterocycles. The van der Waals surface area contributed by atoms with Crippen LogP contribution in [0.4, 0.5) is 4.79 Å². The van der Waals surface area contributed by atoms with Gasteiger partial charge in [0.15, 0.2) is 0 Å². The topological polar surface area (TPSA) is 62.7 Å². The lowest BCUT2D eigenvalue weighted by Gasteiger charge is -2.44. The van der Waals surface area contributed by atoms with E-state index >= 15 is 0 Å². The standard InChI is InChI=1S/C14H16ClN3O3/c1-2-14-8-17(5-6-18(14)13(20)21-9-14)12(19)11-4-3-10(15)7-16-11/h3-4,7H,2,5-6,8-9H2,1H3. The molecule has 7 heteroatoms. The highest BCUT2D eigenvalue weighted by atomic mass is 35.5. The summed E-state index contributed by atoms with van der Waals surface area (Å²) >= 11 is 5.79. The minimum Gasteiger partial charge on any atom is -0.447 e. The van der Waals surface area contributed by atoms with Crippen LogP contribution in [0.15, 0.2) is 18.3 Å². The summed E-state index contributed by atoms with van der Waals surface area (Å²) in [5.74, 6) is -0.140. The van der Waals surface area contributed by atoms with Gasteiger partial charge in [0.2, 0.25) is 0 Å². The van der Waals surface area contributed by atoms with Crippen molar-refractivity contribution < 1.29 is 14.3 Å². The smallest absolute Gasteiger partial charge is 0.410 e. The van der Waals surface area contributed by atoms with E-state index in [-0.39, 0.29) is 12.0 Å². The summed E-state index contributed by atoms with van der Waals surface area (Å²) in [7, 11) is 0. The van der Waals surface area contributed by atoms with E-state index in [0.29, 0.717) is 37.0 Å². The zero-order valence-corrected chi connectivity index (χ0v) is 12.5. The Morgan fingerprint density at radius 2 is 2.29 bits per heavy atom. The Morgan fingerprint density at radius 3 is 2.95 bits per heavy atom. The molecule has 3 heterocycles. The Kier molecular flexibility index (Phi) is 3.49. The van der Waals surface area contributed by atoms with Crippen LogP contribution in [0.25, 0.3) is 0 Å². The van der Waals surface area contributed by atoms with Crippen LogP contribution < -0.4 is 0 Å². The van der Waals surface area contributed by atoms with E-state index in [4.69, 9.17) is 16.3 Å². The molecule has 1 unspecified atom stereocenters. The van der Waals surface area contributed by atoms with Gasteiger partial charge in [-0.05, 0) is 18.6 Å². The summed E-state index contributed by atoms with van der Waals surface area (Å²) in [4.78, 5) is 31.8. The molecule has 2 amide bonds. The van der Waals surface area contributed by atoms with Gasteiger partial charge in [0.1, 0.15) is 12.3 Å². The number of fused-ring (bicyclic) bond motifs is 1. The van der Waals surface area contributed by atoms with Crippen molar-refractivity contribution in [2.75, 3.05) is 26.2 Å². The molecule has 1 aromatic heterocycles. The van der Waals surface area contributed by atoms with Crippen LogP contribution >= 0.6 is 11.6 Å². The maximum atomic E-state index is 12.5. The van der Waals surface area contributed by atoms with Crippen LogP contribution in [-0.4, -0.2) is 58.6 Å². The first-order valence-corrected chi connectivity index (χ1v) is 7.29. The van der Waals surface area contributed by atoms with Crippen molar-refractivity contribution in [3.63, 3.8) is 0 Å². The second-order valence-corrected chi connectivity index (χ2v) is 5.81. The highest BCUT2D eigenvalue weighted by molar-refractivity contribution is 6.30. The third-order valence-corrected chi connectivity index (χ3v) is 4.45. The van der Waals surface area contributed by atoms with Crippen molar-refractivity contribution in [3.8, 4) is 0 Å². The lowest BCUT2D eigenvalue weighted by atomic mass is 9.92. The zero-order valence-electron chi connectivity index (χ0n) is 11.7. The van der Waals surface area contributed by atoms with Gasteiger partial charge in [-0.15, -0.1) is 0 Å². The van der Waals surface area contributed by atoms with Gasteiger partial charge in [-0.25, -0.2) is 9.78 Å². The van der Waals surface area contributed by atoms with Crippen molar-refractivity contribution in [3.05, 3.63) is 29.0 Å². The quantitative estimate of drug-likeness (QED) is 0.835. The Hall–Kier alpha value is -1.82. The van der Waals surface area contributed by atoms with E-state index in [1.807, 2.05) is 6.92 Å². The van der Waals surface area contributed by atoms with Crippen molar-refractivity contribution >= 4 is 23.6 Å². The molecular weight excluding hydrogens is 294 g/mol. The molecule has 6 nitrogen and oxygen atoms in total. The average molecular weight is 310 g/mol. The molecule has 0 saturated carbocycles. The molecule has 2 fully saturated rings. The molecule has 2 saturated heterocycles.